The molecule has 0 spiro atoms. The molecule has 6 nitrogen and oxygen atoms in total. The van der Waals surface area contributed by atoms with Crippen molar-refractivity contribution in [2.45, 2.75) is 20.5 Å². The van der Waals surface area contributed by atoms with Crippen molar-refractivity contribution in [3.63, 3.8) is 0 Å². The van der Waals surface area contributed by atoms with E-state index in [0.29, 0.717) is 28.3 Å². The summed E-state index contributed by atoms with van der Waals surface area (Å²) in [4.78, 5) is 12.8. The molecule has 0 saturated carbocycles. The van der Waals surface area contributed by atoms with Crippen molar-refractivity contribution in [2.24, 2.45) is 0 Å². The van der Waals surface area contributed by atoms with E-state index in [4.69, 9.17) is 9.47 Å². The molecule has 0 bridgehead atoms. The molecule has 0 atom stereocenters. The Balaban J connectivity index is 1.86. The average Bonchev–Trinajstić information content (AvgIpc) is 2.84. The zero-order chi connectivity index (χ0) is 24.7. The van der Waals surface area contributed by atoms with Crippen LogP contribution < -0.4 is 14.8 Å². The highest BCUT2D eigenvalue weighted by Crippen LogP contribution is 2.35. The molecular formula is C27H22IN3O3. The minimum atomic E-state index is -0.487. The molecule has 0 aliphatic carbocycles. The first kappa shape index (κ1) is 24.8. The van der Waals surface area contributed by atoms with Gasteiger partial charge in [0.1, 0.15) is 18.2 Å². The summed E-state index contributed by atoms with van der Waals surface area (Å²) >= 11 is 2.12. The van der Waals surface area contributed by atoms with Gasteiger partial charge in [0.15, 0.2) is 11.5 Å². The number of nitriles is 2. The van der Waals surface area contributed by atoms with E-state index in [-0.39, 0.29) is 12.2 Å². The molecule has 0 saturated heterocycles. The minimum Gasteiger partial charge on any atom is -0.493 e. The molecule has 0 radical (unpaired) electrons. The molecule has 1 amide bonds. The molecule has 0 unspecified atom stereocenters. The van der Waals surface area contributed by atoms with Gasteiger partial charge >= 0.3 is 0 Å². The number of carbonyl (C=O) groups excluding carboxylic acids is 1. The van der Waals surface area contributed by atoms with E-state index in [0.717, 1.165) is 20.3 Å². The molecule has 3 aromatic rings. The third kappa shape index (κ3) is 5.75. The third-order valence-electron chi connectivity index (χ3n) is 5.29. The SMILES string of the molecule is COc1cc(/C=C(\C#N)C(=O)Nc2cccc(C)c2C)cc(I)c1OCc1ccccc1C#N. The number of nitrogens with zero attached hydrogens (tertiary/aromatic N) is 2. The van der Waals surface area contributed by atoms with Crippen LogP contribution in [0.25, 0.3) is 6.08 Å². The smallest absolute Gasteiger partial charge is 0.266 e. The molecule has 34 heavy (non-hydrogen) atoms. The highest BCUT2D eigenvalue weighted by Gasteiger charge is 2.15. The quantitative estimate of drug-likeness (QED) is 0.219. The molecule has 3 aromatic carbocycles. The van der Waals surface area contributed by atoms with Crippen molar-refractivity contribution in [1.82, 2.24) is 0 Å². The van der Waals surface area contributed by atoms with Crippen molar-refractivity contribution in [1.29, 1.82) is 10.5 Å². The fraction of sp³-hybridized carbons (Fsp3) is 0.148. The third-order valence-corrected chi connectivity index (χ3v) is 6.09. The standard InChI is InChI=1S/C27H22IN3O3/c1-17-7-6-10-24(18(17)2)31-27(32)22(15-30)11-19-12-23(28)26(25(13-19)33-3)34-16-21-9-5-4-8-20(21)14-29/h4-13H,16H2,1-3H3,(H,31,32)/b22-11+. The first-order chi connectivity index (χ1) is 16.4. The number of aryl methyl sites for hydroxylation is 1. The maximum Gasteiger partial charge on any atom is 0.266 e. The van der Waals surface area contributed by atoms with Gasteiger partial charge in [-0.2, -0.15) is 10.5 Å². The van der Waals surface area contributed by atoms with Crippen LogP contribution in [0.1, 0.15) is 27.8 Å². The average molecular weight is 563 g/mol. The van der Waals surface area contributed by atoms with Gasteiger partial charge in [-0.15, -0.1) is 0 Å². The lowest BCUT2D eigenvalue weighted by Crippen LogP contribution is -2.14. The summed E-state index contributed by atoms with van der Waals surface area (Å²) in [5.41, 5.74) is 4.57. The number of amides is 1. The number of anilines is 1. The van der Waals surface area contributed by atoms with Crippen molar-refractivity contribution in [3.8, 4) is 23.6 Å². The van der Waals surface area contributed by atoms with Gasteiger partial charge in [-0.05, 0) is 83.5 Å². The number of halogens is 1. The van der Waals surface area contributed by atoms with E-state index < -0.39 is 5.91 Å². The molecule has 0 aliphatic heterocycles. The topological polar surface area (TPSA) is 95.1 Å². The van der Waals surface area contributed by atoms with Crippen molar-refractivity contribution in [3.05, 3.63) is 91.6 Å². The minimum absolute atomic E-state index is 0.0321. The molecule has 170 valence electrons. The normalized spacial score (nSPS) is 10.7. The van der Waals surface area contributed by atoms with Gasteiger partial charge in [0, 0.05) is 11.3 Å². The fourth-order valence-corrected chi connectivity index (χ4v) is 4.04. The largest absolute Gasteiger partial charge is 0.493 e. The number of hydrogen-bond acceptors (Lipinski definition) is 5. The van der Waals surface area contributed by atoms with E-state index in [1.807, 2.05) is 44.2 Å². The summed E-state index contributed by atoms with van der Waals surface area (Å²) in [7, 11) is 1.52. The van der Waals surface area contributed by atoms with Crippen LogP contribution in [-0.4, -0.2) is 13.0 Å². The van der Waals surface area contributed by atoms with Crippen LogP contribution in [0.5, 0.6) is 11.5 Å². The highest BCUT2D eigenvalue weighted by molar-refractivity contribution is 14.1. The molecule has 7 heteroatoms. The number of rotatable bonds is 7. The second-order valence-electron chi connectivity index (χ2n) is 7.46. The summed E-state index contributed by atoms with van der Waals surface area (Å²) in [5, 5.41) is 21.7. The predicted octanol–water partition coefficient (Wildman–Crippen LogP) is 5.91. The summed E-state index contributed by atoms with van der Waals surface area (Å²) in [5.74, 6) is 0.491. The van der Waals surface area contributed by atoms with Gasteiger partial charge < -0.3 is 14.8 Å². The van der Waals surface area contributed by atoms with Gasteiger partial charge in [-0.25, -0.2) is 0 Å². The van der Waals surface area contributed by atoms with Crippen LogP contribution >= 0.6 is 22.6 Å². The number of carbonyl (C=O) groups is 1. The lowest BCUT2D eigenvalue weighted by Gasteiger charge is -2.14. The van der Waals surface area contributed by atoms with Crippen LogP contribution in [0.3, 0.4) is 0 Å². The molecular weight excluding hydrogens is 541 g/mol. The summed E-state index contributed by atoms with van der Waals surface area (Å²) in [6, 6.07) is 20.5. The fourth-order valence-electron chi connectivity index (χ4n) is 3.26. The predicted molar refractivity (Wildman–Crippen MR) is 139 cm³/mol. The van der Waals surface area contributed by atoms with Gasteiger partial charge in [0.25, 0.3) is 5.91 Å². The molecule has 3 rings (SSSR count). The Morgan fingerprint density at radius 2 is 1.88 bits per heavy atom. The number of hydrogen-bond donors (Lipinski definition) is 1. The molecule has 1 N–H and O–H groups in total. The van der Waals surface area contributed by atoms with E-state index in [1.54, 1.807) is 30.3 Å². The van der Waals surface area contributed by atoms with Crippen molar-refractivity contribution >= 4 is 40.3 Å². The van der Waals surface area contributed by atoms with Gasteiger partial charge in [-0.3, -0.25) is 4.79 Å². The summed E-state index contributed by atoms with van der Waals surface area (Å²) in [6.45, 7) is 4.08. The monoisotopic (exact) mass is 563 g/mol. The Bertz CT molecular complexity index is 1350. The Hall–Kier alpha value is -3.82. The first-order valence-corrected chi connectivity index (χ1v) is 11.4. The second kappa shape index (κ2) is 11.4. The van der Waals surface area contributed by atoms with Gasteiger partial charge in [0.05, 0.1) is 22.3 Å². The maximum atomic E-state index is 12.8. The Labute approximate surface area is 212 Å². The number of nitrogens with one attached hydrogen (secondary N) is 1. The number of benzene rings is 3. The Morgan fingerprint density at radius 3 is 2.59 bits per heavy atom. The second-order valence-corrected chi connectivity index (χ2v) is 8.63. The van der Waals surface area contributed by atoms with Gasteiger partial charge in [0.2, 0.25) is 0 Å². The lowest BCUT2D eigenvalue weighted by atomic mass is 10.1. The van der Waals surface area contributed by atoms with E-state index in [1.165, 1.54) is 13.2 Å². The van der Waals surface area contributed by atoms with Crippen LogP contribution in [0.15, 0.2) is 60.2 Å². The molecule has 0 heterocycles. The zero-order valence-corrected chi connectivity index (χ0v) is 21.1. The van der Waals surface area contributed by atoms with Gasteiger partial charge in [-0.1, -0.05) is 30.3 Å². The van der Waals surface area contributed by atoms with E-state index in [2.05, 4.69) is 34.0 Å². The summed E-state index contributed by atoms with van der Waals surface area (Å²) in [6.07, 6.45) is 1.51. The summed E-state index contributed by atoms with van der Waals surface area (Å²) < 4.78 is 12.2. The molecule has 0 fully saturated rings. The number of ether oxygens (including phenoxy) is 2. The maximum absolute atomic E-state index is 12.8. The van der Waals surface area contributed by atoms with Crippen LogP contribution in [0.2, 0.25) is 0 Å². The first-order valence-electron chi connectivity index (χ1n) is 10.4. The lowest BCUT2D eigenvalue weighted by molar-refractivity contribution is -0.112. The number of methoxy groups -OCH3 is 1. The van der Waals surface area contributed by atoms with Crippen molar-refractivity contribution in [2.75, 3.05) is 12.4 Å². The Kier molecular flexibility index (Phi) is 8.29. The van der Waals surface area contributed by atoms with Crippen LogP contribution in [-0.2, 0) is 11.4 Å². The van der Waals surface area contributed by atoms with E-state index >= 15 is 0 Å². The molecule has 0 aromatic heterocycles. The van der Waals surface area contributed by atoms with Crippen LogP contribution in [0, 0.1) is 40.1 Å². The van der Waals surface area contributed by atoms with Crippen LogP contribution in [0.4, 0.5) is 5.69 Å². The van der Waals surface area contributed by atoms with E-state index in [9.17, 15) is 15.3 Å². The molecule has 0 aliphatic rings. The highest BCUT2D eigenvalue weighted by atomic mass is 127. The zero-order valence-electron chi connectivity index (χ0n) is 19.0. The Morgan fingerprint density at radius 1 is 1.12 bits per heavy atom. The van der Waals surface area contributed by atoms with Crippen molar-refractivity contribution < 1.29 is 14.3 Å².